The maximum Gasteiger partial charge on any atom is 0.0942 e. The molecule has 5 nitrogen and oxygen atoms in total. The van der Waals surface area contributed by atoms with Crippen LogP contribution in [-0.2, 0) is 9.68 Å². The van der Waals surface area contributed by atoms with Gasteiger partial charge in [0.1, 0.15) is 0 Å². The zero-order valence-electron chi connectivity index (χ0n) is 6.69. The largest absolute Gasteiger partial charge is 0.394 e. The first-order chi connectivity index (χ1) is 5.35. The Bertz CT molecular complexity index is 73.0. The molecule has 0 aromatic carbocycles. The second kappa shape index (κ2) is 7.90. The molecule has 0 aromatic heterocycles. The summed E-state index contributed by atoms with van der Waals surface area (Å²) in [6, 6.07) is 0. The molecule has 0 rings (SSSR count). The zero-order chi connectivity index (χ0) is 8.53. The van der Waals surface area contributed by atoms with E-state index < -0.39 is 0 Å². The van der Waals surface area contributed by atoms with Gasteiger partial charge in [0.2, 0.25) is 0 Å². The molecule has 0 aliphatic carbocycles. The van der Waals surface area contributed by atoms with E-state index >= 15 is 0 Å². The van der Waals surface area contributed by atoms with Gasteiger partial charge in [-0.05, 0) is 6.92 Å². The monoisotopic (exact) mass is 165 g/mol. The van der Waals surface area contributed by atoms with Crippen LogP contribution < -0.4 is 0 Å². The van der Waals surface area contributed by atoms with Gasteiger partial charge >= 0.3 is 0 Å². The maximum absolute atomic E-state index is 8.38. The predicted octanol–water partition coefficient (Wildman–Crippen LogP) is -0.844. The lowest BCUT2D eigenvalue weighted by atomic mass is 10.8. The van der Waals surface area contributed by atoms with Crippen molar-refractivity contribution in [1.29, 1.82) is 0 Å². The fourth-order valence-corrected chi connectivity index (χ4v) is 0.505. The van der Waals surface area contributed by atoms with Crippen molar-refractivity contribution in [3.05, 3.63) is 0 Å². The van der Waals surface area contributed by atoms with Gasteiger partial charge < -0.3 is 10.2 Å². The van der Waals surface area contributed by atoms with Gasteiger partial charge in [-0.3, -0.25) is 9.68 Å². The van der Waals surface area contributed by atoms with Crippen LogP contribution in [0.15, 0.2) is 0 Å². The highest BCUT2D eigenvalue weighted by atomic mass is 16.9. The van der Waals surface area contributed by atoms with Crippen molar-refractivity contribution in [1.82, 2.24) is 5.23 Å². The lowest BCUT2D eigenvalue weighted by molar-refractivity contribution is -0.369. The number of nitrogens with zero attached hydrogens (tertiary/aromatic N) is 1. The number of hydroxylamine groups is 2. The number of aliphatic hydroxyl groups excluding tert-OH is 2. The van der Waals surface area contributed by atoms with Gasteiger partial charge in [-0.15, -0.1) is 0 Å². The van der Waals surface area contributed by atoms with Gasteiger partial charge in [0.15, 0.2) is 0 Å². The Morgan fingerprint density at radius 3 is 1.82 bits per heavy atom. The van der Waals surface area contributed by atoms with Crippen molar-refractivity contribution in [2.24, 2.45) is 0 Å². The molecule has 5 heteroatoms. The standard InChI is InChI=1S/C6H15NO4/c1-2-7(10-5-3-8)11-6-4-9/h8-9H,2-6H2,1H3. The Balaban J connectivity index is 3.25. The molecular weight excluding hydrogens is 150 g/mol. The van der Waals surface area contributed by atoms with E-state index in [-0.39, 0.29) is 26.4 Å². The molecule has 0 amide bonds. The van der Waals surface area contributed by atoms with E-state index in [4.69, 9.17) is 19.9 Å². The van der Waals surface area contributed by atoms with Crippen molar-refractivity contribution in [2.75, 3.05) is 33.0 Å². The lowest BCUT2D eigenvalue weighted by Gasteiger charge is -2.17. The summed E-state index contributed by atoms with van der Waals surface area (Å²) in [7, 11) is 0. The summed E-state index contributed by atoms with van der Waals surface area (Å²) in [5.74, 6) is 0. The van der Waals surface area contributed by atoms with E-state index in [0.717, 1.165) is 0 Å². The molecule has 0 heterocycles. The highest BCUT2D eigenvalue weighted by Gasteiger charge is 2.00. The van der Waals surface area contributed by atoms with Crippen molar-refractivity contribution in [3.8, 4) is 0 Å². The van der Waals surface area contributed by atoms with Gasteiger partial charge in [0.05, 0.1) is 26.4 Å². The first-order valence-electron chi connectivity index (χ1n) is 3.60. The Hall–Kier alpha value is -0.200. The summed E-state index contributed by atoms with van der Waals surface area (Å²) in [6.45, 7) is 2.73. The molecular formula is C6H15NO4. The Labute approximate surface area is 66.0 Å². The second-order valence-corrected chi connectivity index (χ2v) is 1.76. The molecule has 0 bridgehead atoms. The minimum Gasteiger partial charge on any atom is -0.394 e. The number of rotatable bonds is 7. The second-order valence-electron chi connectivity index (χ2n) is 1.76. The molecule has 0 aliphatic rings. The highest BCUT2D eigenvalue weighted by Crippen LogP contribution is 1.90. The third kappa shape index (κ3) is 6.21. The first-order valence-corrected chi connectivity index (χ1v) is 3.60. The average molecular weight is 165 g/mol. The van der Waals surface area contributed by atoms with Crippen LogP contribution in [-0.4, -0.2) is 48.4 Å². The Morgan fingerprint density at radius 2 is 1.55 bits per heavy atom. The highest BCUT2D eigenvalue weighted by molar-refractivity contribution is 4.24. The van der Waals surface area contributed by atoms with Crippen LogP contribution in [0.25, 0.3) is 0 Å². The van der Waals surface area contributed by atoms with Crippen LogP contribution in [0.2, 0.25) is 0 Å². The van der Waals surface area contributed by atoms with Crippen molar-refractivity contribution in [3.63, 3.8) is 0 Å². The van der Waals surface area contributed by atoms with E-state index in [1.807, 2.05) is 6.92 Å². The minimum atomic E-state index is -0.0427. The lowest BCUT2D eigenvalue weighted by Crippen LogP contribution is -2.26. The average Bonchev–Trinajstić information content (AvgIpc) is 2.05. The topological polar surface area (TPSA) is 62.2 Å². The van der Waals surface area contributed by atoms with Crippen LogP contribution in [0.5, 0.6) is 0 Å². The van der Waals surface area contributed by atoms with Gasteiger partial charge in [0.25, 0.3) is 0 Å². The van der Waals surface area contributed by atoms with Gasteiger partial charge in [-0.25, -0.2) is 0 Å². The van der Waals surface area contributed by atoms with E-state index in [9.17, 15) is 0 Å². The summed E-state index contributed by atoms with van der Waals surface area (Å²) in [4.78, 5) is 9.78. The third-order valence-electron chi connectivity index (χ3n) is 0.911. The van der Waals surface area contributed by atoms with Crippen LogP contribution in [0.4, 0.5) is 0 Å². The molecule has 0 aliphatic heterocycles. The molecule has 0 atom stereocenters. The number of aliphatic hydroxyl groups is 2. The molecule has 0 saturated heterocycles. The molecule has 0 aromatic rings. The number of hydrogen-bond donors (Lipinski definition) is 2. The quantitative estimate of drug-likeness (QED) is 0.481. The van der Waals surface area contributed by atoms with Crippen molar-refractivity contribution >= 4 is 0 Å². The third-order valence-corrected chi connectivity index (χ3v) is 0.911. The molecule has 0 unspecified atom stereocenters. The summed E-state index contributed by atoms with van der Waals surface area (Å²) in [5, 5.41) is 18.0. The SMILES string of the molecule is CCN(OCCO)OCCO. The molecule has 0 spiro atoms. The van der Waals surface area contributed by atoms with Crippen molar-refractivity contribution < 1.29 is 19.9 Å². The zero-order valence-corrected chi connectivity index (χ0v) is 6.69. The van der Waals surface area contributed by atoms with Gasteiger partial charge in [-0.1, -0.05) is 5.23 Å². The minimum absolute atomic E-state index is 0.0427. The van der Waals surface area contributed by atoms with Crippen LogP contribution in [0, 0.1) is 0 Å². The van der Waals surface area contributed by atoms with Crippen LogP contribution >= 0.6 is 0 Å². The summed E-state index contributed by atoms with van der Waals surface area (Å²) >= 11 is 0. The Kier molecular flexibility index (Phi) is 7.76. The van der Waals surface area contributed by atoms with Crippen molar-refractivity contribution in [2.45, 2.75) is 6.92 Å². The summed E-state index contributed by atoms with van der Waals surface area (Å²) in [5.41, 5.74) is 0. The smallest absolute Gasteiger partial charge is 0.0942 e. The fourth-order valence-electron chi connectivity index (χ4n) is 0.505. The van der Waals surface area contributed by atoms with E-state index in [0.29, 0.717) is 6.54 Å². The van der Waals surface area contributed by atoms with Crippen LogP contribution in [0.1, 0.15) is 6.92 Å². The summed E-state index contributed by atoms with van der Waals surface area (Å²) in [6.07, 6.45) is 0. The number of hydrogen-bond acceptors (Lipinski definition) is 5. The molecule has 0 radical (unpaired) electrons. The predicted molar refractivity (Wildman–Crippen MR) is 38.5 cm³/mol. The molecule has 0 saturated carbocycles. The molecule has 0 fully saturated rings. The van der Waals surface area contributed by atoms with E-state index in [1.165, 1.54) is 5.23 Å². The van der Waals surface area contributed by atoms with E-state index in [2.05, 4.69) is 0 Å². The van der Waals surface area contributed by atoms with Crippen LogP contribution in [0.3, 0.4) is 0 Å². The summed E-state index contributed by atoms with van der Waals surface area (Å²) < 4.78 is 0. The molecule has 68 valence electrons. The van der Waals surface area contributed by atoms with Gasteiger partial charge in [0, 0.05) is 6.54 Å². The maximum atomic E-state index is 8.38. The first kappa shape index (κ1) is 10.8. The van der Waals surface area contributed by atoms with E-state index in [1.54, 1.807) is 0 Å². The van der Waals surface area contributed by atoms with Gasteiger partial charge in [-0.2, -0.15) is 0 Å². The Morgan fingerprint density at radius 1 is 1.09 bits per heavy atom. The molecule has 2 N–H and O–H groups in total. The fraction of sp³-hybridized carbons (Fsp3) is 1.00. The molecule has 11 heavy (non-hydrogen) atoms. The normalized spacial score (nSPS) is 10.9.